The molecule has 0 bridgehead atoms. The fraction of sp³-hybridized carbons (Fsp3) is 0.733. The molecule has 0 amide bonds. The van der Waals surface area contributed by atoms with Gasteiger partial charge in [0, 0.05) is 0 Å². The molecule has 0 fully saturated rings. The molecule has 1 nitrogen and oxygen atoms in total. The van der Waals surface area contributed by atoms with Gasteiger partial charge in [-0.25, -0.2) is 0 Å². The maximum absolute atomic E-state index is 6.48. The van der Waals surface area contributed by atoms with E-state index in [0.717, 1.165) is 12.8 Å². The van der Waals surface area contributed by atoms with Crippen LogP contribution in [-0.4, -0.2) is 14.4 Å². The van der Waals surface area contributed by atoms with Crippen molar-refractivity contribution in [1.82, 2.24) is 0 Å². The van der Waals surface area contributed by atoms with Gasteiger partial charge in [-0.2, -0.15) is 0 Å². The zero-order valence-corrected chi connectivity index (χ0v) is 13.8. The van der Waals surface area contributed by atoms with Crippen LogP contribution in [0.1, 0.15) is 47.5 Å². The standard InChI is InChI=1S/C15H30OSi/c1-9-11-12-14(13(3)10-2)16-17(7,8)15(4,5)6/h9-10,14H,1,11-12H2,2-8H3/b13-10+. The average molecular weight is 254 g/mol. The minimum atomic E-state index is -1.67. The van der Waals surface area contributed by atoms with E-state index in [1.165, 1.54) is 5.57 Å². The molecular formula is C15H30OSi. The fourth-order valence-corrected chi connectivity index (χ4v) is 2.74. The topological polar surface area (TPSA) is 9.23 Å². The van der Waals surface area contributed by atoms with Crippen LogP contribution in [0.3, 0.4) is 0 Å². The highest BCUT2D eigenvalue weighted by atomic mass is 28.4. The predicted molar refractivity (Wildman–Crippen MR) is 80.9 cm³/mol. The molecule has 0 spiro atoms. The van der Waals surface area contributed by atoms with Crippen LogP contribution in [-0.2, 0) is 4.43 Å². The second-order valence-electron chi connectivity index (χ2n) is 6.27. The number of hydrogen-bond donors (Lipinski definition) is 0. The molecule has 1 atom stereocenters. The largest absolute Gasteiger partial charge is 0.410 e. The number of allylic oxidation sites excluding steroid dienone is 2. The Balaban J connectivity index is 4.80. The summed E-state index contributed by atoms with van der Waals surface area (Å²) in [5, 5.41) is 0.271. The summed E-state index contributed by atoms with van der Waals surface area (Å²) in [4.78, 5) is 0. The Morgan fingerprint density at radius 2 is 1.88 bits per heavy atom. The lowest BCUT2D eigenvalue weighted by molar-refractivity contribution is 0.205. The van der Waals surface area contributed by atoms with Crippen LogP contribution in [0.4, 0.5) is 0 Å². The van der Waals surface area contributed by atoms with Gasteiger partial charge in [-0.1, -0.05) is 38.5 Å². The Kier molecular flexibility index (Phi) is 6.42. The quantitative estimate of drug-likeness (QED) is 0.461. The Morgan fingerprint density at radius 3 is 2.24 bits per heavy atom. The lowest BCUT2D eigenvalue weighted by atomic mass is 10.1. The zero-order valence-electron chi connectivity index (χ0n) is 12.8. The maximum Gasteiger partial charge on any atom is 0.192 e. The molecular weight excluding hydrogens is 224 g/mol. The normalized spacial score (nSPS) is 15.8. The van der Waals surface area contributed by atoms with Gasteiger partial charge in [0.25, 0.3) is 0 Å². The highest BCUT2D eigenvalue weighted by Crippen LogP contribution is 2.38. The molecule has 0 radical (unpaired) electrons. The fourth-order valence-electron chi connectivity index (χ4n) is 1.37. The zero-order chi connectivity index (χ0) is 13.7. The van der Waals surface area contributed by atoms with E-state index in [9.17, 15) is 0 Å². The van der Waals surface area contributed by atoms with Crippen LogP contribution in [0, 0.1) is 0 Å². The first-order valence-corrected chi connectivity index (χ1v) is 9.48. The first-order chi connectivity index (χ1) is 7.65. The van der Waals surface area contributed by atoms with Gasteiger partial charge in [0.1, 0.15) is 0 Å². The molecule has 2 heteroatoms. The molecule has 0 aliphatic carbocycles. The molecule has 0 saturated carbocycles. The number of hydrogen-bond acceptors (Lipinski definition) is 1. The third kappa shape index (κ3) is 5.22. The van der Waals surface area contributed by atoms with Crippen LogP contribution >= 0.6 is 0 Å². The smallest absolute Gasteiger partial charge is 0.192 e. The van der Waals surface area contributed by atoms with Crippen LogP contribution < -0.4 is 0 Å². The molecule has 100 valence electrons. The summed E-state index contributed by atoms with van der Waals surface area (Å²) >= 11 is 0. The monoisotopic (exact) mass is 254 g/mol. The van der Waals surface area contributed by atoms with Gasteiger partial charge < -0.3 is 4.43 Å². The highest BCUT2D eigenvalue weighted by molar-refractivity contribution is 6.74. The second kappa shape index (κ2) is 6.55. The molecule has 0 saturated heterocycles. The first kappa shape index (κ1) is 16.7. The van der Waals surface area contributed by atoms with Gasteiger partial charge in [0.05, 0.1) is 6.10 Å². The molecule has 0 aromatic rings. The molecule has 17 heavy (non-hydrogen) atoms. The van der Waals surface area contributed by atoms with Crippen LogP contribution in [0.15, 0.2) is 24.3 Å². The molecule has 0 aromatic carbocycles. The van der Waals surface area contributed by atoms with Crippen molar-refractivity contribution in [3.63, 3.8) is 0 Å². The molecule has 0 aliphatic rings. The molecule has 1 unspecified atom stereocenters. The average Bonchev–Trinajstić information content (AvgIpc) is 2.21. The Hall–Kier alpha value is -0.343. The highest BCUT2D eigenvalue weighted by Gasteiger charge is 2.39. The summed E-state index contributed by atoms with van der Waals surface area (Å²) in [5.74, 6) is 0. The van der Waals surface area contributed by atoms with Gasteiger partial charge in [-0.05, 0) is 44.8 Å². The van der Waals surface area contributed by atoms with E-state index in [2.05, 4.69) is 60.4 Å². The van der Waals surface area contributed by atoms with Crippen molar-refractivity contribution in [2.45, 2.75) is 71.7 Å². The molecule has 0 heterocycles. The second-order valence-corrected chi connectivity index (χ2v) is 11.0. The molecule has 0 rings (SSSR count). The minimum Gasteiger partial charge on any atom is -0.410 e. The summed E-state index contributed by atoms with van der Waals surface area (Å²) in [6, 6.07) is 0. The van der Waals surface area contributed by atoms with Gasteiger partial charge >= 0.3 is 0 Å². The third-order valence-corrected chi connectivity index (χ3v) is 8.33. The van der Waals surface area contributed by atoms with Gasteiger partial charge in [-0.3, -0.25) is 0 Å². The summed E-state index contributed by atoms with van der Waals surface area (Å²) in [6.45, 7) is 19.5. The summed E-state index contributed by atoms with van der Waals surface area (Å²) in [6.07, 6.45) is 6.47. The Bertz CT molecular complexity index is 271. The van der Waals surface area contributed by atoms with Crippen molar-refractivity contribution < 1.29 is 4.43 Å². The van der Waals surface area contributed by atoms with E-state index in [0.29, 0.717) is 0 Å². The summed E-state index contributed by atoms with van der Waals surface area (Å²) < 4.78 is 6.48. The molecule has 0 aliphatic heterocycles. The Morgan fingerprint density at radius 1 is 1.35 bits per heavy atom. The van der Waals surface area contributed by atoms with Crippen LogP contribution in [0.5, 0.6) is 0 Å². The molecule has 0 N–H and O–H groups in total. The minimum absolute atomic E-state index is 0.263. The van der Waals surface area contributed by atoms with Gasteiger partial charge in [0.2, 0.25) is 0 Å². The van der Waals surface area contributed by atoms with E-state index < -0.39 is 8.32 Å². The maximum atomic E-state index is 6.48. The van der Waals surface area contributed by atoms with Crippen molar-refractivity contribution in [3.05, 3.63) is 24.3 Å². The lowest BCUT2D eigenvalue weighted by Crippen LogP contribution is -2.44. The third-order valence-electron chi connectivity index (χ3n) is 3.84. The van der Waals surface area contributed by atoms with Gasteiger partial charge in [0.15, 0.2) is 8.32 Å². The van der Waals surface area contributed by atoms with Crippen molar-refractivity contribution in [3.8, 4) is 0 Å². The summed E-state index contributed by atoms with van der Waals surface area (Å²) in [7, 11) is -1.67. The van der Waals surface area contributed by atoms with E-state index in [1.807, 2.05) is 6.08 Å². The van der Waals surface area contributed by atoms with E-state index in [1.54, 1.807) is 0 Å². The van der Waals surface area contributed by atoms with Crippen molar-refractivity contribution in [2.24, 2.45) is 0 Å². The predicted octanol–water partition coefficient (Wildman–Crippen LogP) is 5.31. The lowest BCUT2D eigenvalue weighted by Gasteiger charge is -2.39. The van der Waals surface area contributed by atoms with E-state index in [4.69, 9.17) is 4.43 Å². The van der Waals surface area contributed by atoms with E-state index in [-0.39, 0.29) is 11.1 Å². The Labute approximate surface area is 109 Å². The first-order valence-electron chi connectivity index (χ1n) is 6.57. The van der Waals surface area contributed by atoms with Crippen molar-refractivity contribution >= 4 is 8.32 Å². The SMILES string of the molecule is C=CCCC(O[Si](C)(C)C(C)(C)C)/C(C)=C/C. The van der Waals surface area contributed by atoms with Crippen molar-refractivity contribution in [2.75, 3.05) is 0 Å². The summed E-state index contributed by atoms with van der Waals surface area (Å²) in [5.41, 5.74) is 1.34. The van der Waals surface area contributed by atoms with Crippen molar-refractivity contribution in [1.29, 1.82) is 0 Å². The molecule has 0 aromatic heterocycles. The van der Waals surface area contributed by atoms with Gasteiger partial charge in [-0.15, -0.1) is 6.58 Å². The van der Waals surface area contributed by atoms with Crippen LogP contribution in [0.2, 0.25) is 18.1 Å². The van der Waals surface area contributed by atoms with E-state index >= 15 is 0 Å². The van der Waals surface area contributed by atoms with Crippen LogP contribution in [0.25, 0.3) is 0 Å². The number of rotatable bonds is 6.